The molecule has 0 bridgehead atoms. The van der Waals surface area contributed by atoms with E-state index in [0.717, 1.165) is 0 Å². The summed E-state index contributed by atoms with van der Waals surface area (Å²) in [5.41, 5.74) is 0.769. The fourth-order valence-corrected chi connectivity index (χ4v) is 1.82. The molecule has 2 N–H and O–H groups in total. The molecule has 1 aromatic heterocycles. The number of carbonyl (C=O) groups is 1. The van der Waals surface area contributed by atoms with E-state index in [1.807, 2.05) is 0 Å². The highest BCUT2D eigenvalue weighted by Gasteiger charge is 2.12. The lowest BCUT2D eigenvalue weighted by molar-refractivity contribution is -0.132. The Morgan fingerprint density at radius 1 is 1.47 bits per heavy atom. The van der Waals surface area contributed by atoms with E-state index in [9.17, 15) is 13.2 Å². The first kappa shape index (κ1) is 11.6. The Kier molecular flexibility index (Phi) is 2.60. The zero-order valence-electron chi connectivity index (χ0n) is 8.67. The van der Waals surface area contributed by atoms with Crippen molar-refractivity contribution < 1.29 is 22.5 Å². The van der Waals surface area contributed by atoms with Gasteiger partial charge in [0.2, 0.25) is 0 Å². The van der Waals surface area contributed by atoms with Crippen LogP contribution in [0, 0.1) is 0 Å². The van der Waals surface area contributed by atoms with Crippen molar-refractivity contribution in [3.8, 4) is 6.01 Å². The Morgan fingerprint density at radius 2 is 2.18 bits per heavy atom. The van der Waals surface area contributed by atoms with Crippen molar-refractivity contribution in [3.05, 3.63) is 18.2 Å². The van der Waals surface area contributed by atoms with Gasteiger partial charge in [0.1, 0.15) is 0 Å². The maximum absolute atomic E-state index is 10.9. The molecule has 0 saturated heterocycles. The van der Waals surface area contributed by atoms with Crippen LogP contribution in [0.15, 0.2) is 23.1 Å². The molecule has 1 aromatic carbocycles. The smallest absolute Gasteiger partial charge is 0.310 e. The van der Waals surface area contributed by atoms with E-state index in [0.29, 0.717) is 11.0 Å². The number of nitrogens with zero attached hydrogens (tertiary/aromatic N) is 1. The zero-order chi connectivity index (χ0) is 12.6. The normalized spacial score (nSPS) is 11.6. The SMILES string of the molecule is CC(=O)Oc1nc2ccc(S(=O)(=O)O)cc2[nH]1. The number of carbonyl (C=O) groups excluding carboxylic acids is 1. The third kappa shape index (κ3) is 2.43. The topological polar surface area (TPSA) is 109 Å². The average Bonchev–Trinajstić information content (AvgIpc) is 2.55. The van der Waals surface area contributed by atoms with E-state index in [1.54, 1.807) is 0 Å². The molecule has 0 spiro atoms. The van der Waals surface area contributed by atoms with Crippen LogP contribution in [0.3, 0.4) is 0 Å². The number of rotatable bonds is 2. The number of aromatic amines is 1. The first-order chi connectivity index (χ1) is 7.86. The van der Waals surface area contributed by atoms with Gasteiger partial charge in [-0.1, -0.05) is 0 Å². The Hall–Kier alpha value is -1.93. The molecular formula is C9H8N2O5S. The molecule has 7 nitrogen and oxygen atoms in total. The van der Waals surface area contributed by atoms with Crippen LogP contribution >= 0.6 is 0 Å². The Labute approximate surface area is 96.2 Å². The minimum atomic E-state index is -4.26. The quantitative estimate of drug-likeness (QED) is 0.605. The molecule has 0 atom stereocenters. The largest absolute Gasteiger partial charge is 0.392 e. The predicted molar refractivity (Wildman–Crippen MR) is 57.2 cm³/mol. The van der Waals surface area contributed by atoms with Crippen LogP contribution in [0.4, 0.5) is 0 Å². The van der Waals surface area contributed by atoms with E-state index in [2.05, 4.69) is 9.97 Å². The van der Waals surface area contributed by atoms with Crippen LogP contribution in [0.25, 0.3) is 11.0 Å². The molecule has 8 heteroatoms. The van der Waals surface area contributed by atoms with Gasteiger partial charge in [0.15, 0.2) is 0 Å². The summed E-state index contributed by atoms with van der Waals surface area (Å²) in [6.45, 7) is 1.22. The van der Waals surface area contributed by atoms with E-state index >= 15 is 0 Å². The molecule has 0 aliphatic carbocycles. The molecule has 2 rings (SSSR count). The second-order valence-electron chi connectivity index (χ2n) is 3.29. The molecule has 0 fully saturated rings. The molecule has 0 radical (unpaired) electrons. The van der Waals surface area contributed by atoms with Crippen molar-refractivity contribution in [2.45, 2.75) is 11.8 Å². The first-order valence-electron chi connectivity index (χ1n) is 4.52. The van der Waals surface area contributed by atoms with Crippen molar-refractivity contribution in [1.82, 2.24) is 9.97 Å². The molecule has 0 aliphatic heterocycles. The minimum Gasteiger partial charge on any atom is -0.392 e. The van der Waals surface area contributed by atoms with Crippen molar-refractivity contribution in [1.29, 1.82) is 0 Å². The fraction of sp³-hybridized carbons (Fsp3) is 0.111. The molecule has 2 aromatic rings. The van der Waals surface area contributed by atoms with Gasteiger partial charge in [-0.25, -0.2) is 0 Å². The summed E-state index contributed by atoms with van der Waals surface area (Å²) in [4.78, 5) is 16.9. The predicted octanol–water partition coefficient (Wildman–Crippen LogP) is 0.735. The number of H-pyrrole nitrogens is 1. The van der Waals surface area contributed by atoms with Crippen LogP contribution in [-0.2, 0) is 14.9 Å². The summed E-state index contributed by atoms with van der Waals surface area (Å²) in [5.74, 6) is -0.543. The van der Waals surface area contributed by atoms with Gasteiger partial charge in [-0.2, -0.15) is 13.4 Å². The van der Waals surface area contributed by atoms with Crippen LogP contribution in [0.5, 0.6) is 6.01 Å². The lowest BCUT2D eigenvalue weighted by Gasteiger charge is -1.95. The molecule has 1 heterocycles. The van der Waals surface area contributed by atoms with Crippen molar-refractivity contribution in [2.24, 2.45) is 0 Å². The van der Waals surface area contributed by atoms with Gasteiger partial charge < -0.3 is 9.72 Å². The van der Waals surface area contributed by atoms with Gasteiger partial charge in [0, 0.05) is 6.92 Å². The first-order valence-corrected chi connectivity index (χ1v) is 5.96. The number of hydrogen-bond donors (Lipinski definition) is 2. The number of fused-ring (bicyclic) bond motifs is 1. The van der Waals surface area contributed by atoms with Crippen molar-refractivity contribution in [3.63, 3.8) is 0 Å². The standard InChI is InChI=1S/C9H8N2O5S/c1-5(12)16-9-10-7-3-2-6(17(13,14)15)4-8(7)11-9/h2-4H,1H3,(H,10,11)(H,13,14,15). The lowest BCUT2D eigenvalue weighted by Crippen LogP contribution is -2.02. The molecule has 0 aliphatic rings. The Balaban J connectivity index is 2.52. The lowest BCUT2D eigenvalue weighted by atomic mass is 10.3. The van der Waals surface area contributed by atoms with Gasteiger partial charge in [-0.15, -0.1) is 0 Å². The van der Waals surface area contributed by atoms with Crippen molar-refractivity contribution in [2.75, 3.05) is 0 Å². The number of imidazole rings is 1. The van der Waals surface area contributed by atoms with E-state index in [4.69, 9.17) is 9.29 Å². The molecule has 17 heavy (non-hydrogen) atoms. The van der Waals surface area contributed by atoms with Crippen LogP contribution < -0.4 is 4.74 Å². The van der Waals surface area contributed by atoms with Gasteiger partial charge in [-0.3, -0.25) is 9.35 Å². The summed E-state index contributed by atoms with van der Waals surface area (Å²) in [6.07, 6.45) is 0. The summed E-state index contributed by atoms with van der Waals surface area (Å²) < 4.78 is 35.4. The number of aromatic nitrogens is 2. The van der Waals surface area contributed by atoms with Gasteiger partial charge in [0.05, 0.1) is 15.9 Å². The monoisotopic (exact) mass is 256 g/mol. The molecule has 0 amide bonds. The van der Waals surface area contributed by atoms with Crippen LogP contribution in [-0.4, -0.2) is 28.9 Å². The average molecular weight is 256 g/mol. The van der Waals surface area contributed by atoms with Crippen LogP contribution in [0.2, 0.25) is 0 Å². The number of benzene rings is 1. The van der Waals surface area contributed by atoms with Crippen molar-refractivity contribution >= 4 is 27.1 Å². The second kappa shape index (κ2) is 3.82. The fourth-order valence-electron chi connectivity index (χ4n) is 1.31. The Bertz CT molecular complexity index is 688. The number of hydrogen-bond acceptors (Lipinski definition) is 5. The van der Waals surface area contributed by atoms with E-state index in [-0.39, 0.29) is 10.9 Å². The third-order valence-corrected chi connectivity index (χ3v) is 2.82. The Morgan fingerprint density at radius 3 is 2.76 bits per heavy atom. The van der Waals surface area contributed by atoms with E-state index in [1.165, 1.54) is 25.1 Å². The van der Waals surface area contributed by atoms with Gasteiger partial charge in [-0.05, 0) is 18.2 Å². The molecule has 0 unspecified atom stereocenters. The minimum absolute atomic E-state index is 0.0278. The summed E-state index contributed by atoms with van der Waals surface area (Å²) in [5, 5.41) is 0. The maximum atomic E-state index is 10.9. The molecular weight excluding hydrogens is 248 g/mol. The summed E-state index contributed by atoms with van der Waals surface area (Å²) in [7, 11) is -4.26. The van der Waals surface area contributed by atoms with Gasteiger partial charge in [0.25, 0.3) is 10.1 Å². The second-order valence-corrected chi connectivity index (χ2v) is 4.71. The molecule has 90 valence electrons. The summed E-state index contributed by atoms with van der Waals surface area (Å²) in [6, 6.07) is 3.77. The van der Waals surface area contributed by atoms with Crippen LogP contribution in [0.1, 0.15) is 6.92 Å². The maximum Gasteiger partial charge on any atom is 0.310 e. The highest BCUT2D eigenvalue weighted by Crippen LogP contribution is 2.19. The highest BCUT2D eigenvalue weighted by molar-refractivity contribution is 7.85. The number of ether oxygens (including phenoxy) is 1. The highest BCUT2D eigenvalue weighted by atomic mass is 32.2. The number of nitrogens with one attached hydrogen (secondary N) is 1. The number of esters is 1. The van der Waals surface area contributed by atoms with Gasteiger partial charge >= 0.3 is 12.0 Å². The summed E-state index contributed by atoms with van der Waals surface area (Å²) >= 11 is 0. The van der Waals surface area contributed by atoms with E-state index < -0.39 is 16.1 Å². The third-order valence-electron chi connectivity index (χ3n) is 1.97. The zero-order valence-corrected chi connectivity index (χ0v) is 9.48. The molecule has 0 saturated carbocycles.